The summed E-state index contributed by atoms with van der Waals surface area (Å²) in [4.78, 5) is 23.3. The Morgan fingerprint density at radius 2 is 1.89 bits per heavy atom. The lowest BCUT2D eigenvalue weighted by molar-refractivity contribution is -0.150. The summed E-state index contributed by atoms with van der Waals surface area (Å²) < 4.78 is 4.66. The zero-order chi connectivity index (χ0) is 13.8. The molecule has 0 saturated heterocycles. The van der Waals surface area contributed by atoms with Gasteiger partial charge in [-0.1, -0.05) is 12.1 Å². The zero-order valence-corrected chi connectivity index (χ0v) is 12.0. The van der Waals surface area contributed by atoms with E-state index in [1.807, 2.05) is 0 Å². The van der Waals surface area contributed by atoms with Crippen molar-refractivity contribution in [3.8, 4) is 0 Å². The van der Waals surface area contributed by atoms with Gasteiger partial charge in [-0.3, -0.25) is 9.59 Å². The van der Waals surface area contributed by atoms with Crippen LogP contribution >= 0.6 is 12.4 Å². The van der Waals surface area contributed by atoms with Gasteiger partial charge in [0.25, 0.3) is 5.91 Å². The Hall–Kier alpha value is -1.75. The number of hydrogen-bond acceptors (Lipinski definition) is 4. The topological polar surface area (TPSA) is 81.4 Å². The highest BCUT2D eigenvalue weighted by molar-refractivity contribution is 5.99. The lowest BCUT2D eigenvalue weighted by Crippen LogP contribution is -2.39. The number of carbonyl (C=O) groups excluding carboxylic acids is 2. The van der Waals surface area contributed by atoms with Crippen LogP contribution in [0.4, 0.5) is 5.69 Å². The van der Waals surface area contributed by atoms with E-state index < -0.39 is 5.41 Å². The Balaban J connectivity index is 0.00000324. The molecule has 0 saturated carbocycles. The standard InChI is InChI=1S/C13H18N2O3.ClH/c1-13(2,12(17)18-3)8-15-11(16)9-6-4-5-7-10(9)14;/h4-7H,8,14H2,1-3H3,(H,15,16);1H. The van der Waals surface area contributed by atoms with Gasteiger partial charge >= 0.3 is 5.97 Å². The van der Waals surface area contributed by atoms with E-state index in [4.69, 9.17) is 5.73 Å². The van der Waals surface area contributed by atoms with E-state index in [9.17, 15) is 9.59 Å². The minimum Gasteiger partial charge on any atom is -0.469 e. The van der Waals surface area contributed by atoms with Crippen molar-refractivity contribution in [1.82, 2.24) is 5.32 Å². The van der Waals surface area contributed by atoms with Crippen LogP contribution in [0.1, 0.15) is 24.2 Å². The normalized spacial score (nSPS) is 10.3. The van der Waals surface area contributed by atoms with Gasteiger partial charge in [-0.05, 0) is 26.0 Å². The summed E-state index contributed by atoms with van der Waals surface area (Å²) >= 11 is 0. The number of carbonyl (C=O) groups is 2. The monoisotopic (exact) mass is 286 g/mol. The second-order valence-corrected chi connectivity index (χ2v) is 4.65. The third-order valence-corrected chi connectivity index (χ3v) is 2.63. The minimum atomic E-state index is -0.770. The highest BCUT2D eigenvalue weighted by Crippen LogP contribution is 2.16. The molecule has 19 heavy (non-hydrogen) atoms. The van der Waals surface area contributed by atoms with E-state index in [2.05, 4.69) is 10.1 Å². The molecule has 0 bridgehead atoms. The van der Waals surface area contributed by atoms with Crippen LogP contribution in [0.3, 0.4) is 0 Å². The van der Waals surface area contributed by atoms with E-state index in [0.717, 1.165) is 0 Å². The minimum absolute atomic E-state index is 0. The Morgan fingerprint density at radius 3 is 2.42 bits per heavy atom. The van der Waals surface area contributed by atoms with Gasteiger partial charge in [-0.15, -0.1) is 12.4 Å². The maximum absolute atomic E-state index is 11.9. The number of esters is 1. The van der Waals surface area contributed by atoms with Gasteiger partial charge in [0.15, 0.2) is 0 Å². The van der Waals surface area contributed by atoms with Crippen molar-refractivity contribution in [3.63, 3.8) is 0 Å². The van der Waals surface area contributed by atoms with E-state index in [-0.39, 0.29) is 30.8 Å². The first-order chi connectivity index (χ1) is 8.38. The highest BCUT2D eigenvalue weighted by atomic mass is 35.5. The number of hydrogen-bond donors (Lipinski definition) is 2. The molecule has 0 radical (unpaired) electrons. The maximum Gasteiger partial charge on any atom is 0.313 e. The lowest BCUT2D eigenvalue weighted by Gasteiger charge is -2.21. The summed E-state index contributed by atoms with van der Waals surface area (Å²) in [5.74, 6) is -0.672. The first-order valence-electron chi connectivity index (χ1n) is 5.59. The van der Waals surface area contributed by atoms with Crippen LogP contribution in [0.2, 0.25) is 0 Å². The van der Waals surface area contributed by atoms with Crippen LogP contribution < -0.4 is 11.1 Å². The Kier molecular flexibility index (Phi) is 6.35. The number of rotatable bonds is 4. The van der Waals surface area contributed by atoms with Crippen LogP contribution in [0.5, 0.6) is 0 Å². The number of benzene rings is 1. The first-order valence-corrected chi connectivity index (χ1v) is 5.59. The summed E-state index contributed by atoms with van der Waals surface area (Å²) in [5.41, 5.74) is 5.73. The van der Waals surface area contributed by atoms with E-state index in [1.165, 1.54) is 7.11 Å². The van der Waals surface area contributed by atoms with Gasteiger partial charge in [-0.2, -0.15) is 0 Å². The molecule has 6 heteroatoms. The third-order valence-electron chi connectivity index (χ3n) is 2.63. The van der Waals surface area contributed by atoms with Gasteiger partial charge in [0.1, 0.15) is 0 Å². The van der Waals surface area contributed by atoms with Crippen LogP contribution in [-0.4, -0.2) is 25.5 Å². The molecule has 0 aliphatic heterocycles. The molecule has 0 aliphatic carbocycles. The maximum atomic E-state index is 11.9. The third kappa shape index (κ3) is 4.44. The largest absolute Gasteiger partial charge is 0.469 e. The fraction of sp³-hybridized carbons (Fsp3) is 0.385. The Bertz CT molecular complexity index is 461. The van der Waals surface area contributed by atoms with Crippen LogP contribution in [0, 0.1) is 5.41 Å². The molecular formula is C13H19ClN2O3. The fourth-order valence-corrected chi connectivity index (χ4v) is 1.45. The summed E-state index contributed by atoms with van der Waals surface area (Å²) in [6, 6.07) is 6.78. The Labute approximate surface area is 118 Å². The molecule has 0 fully saturated rings. The van der Waals surface area contributed by atoms with Gasteiger partial charge in [-0.25, -0.2) is 0 Å². The molecule has 5 nitrogen and oxygen atoms in total. The number of nitrogens with two attached hydrogens (primary N) is 1. The molecule has 3 N–H and O–H groups in total. The SMILES string of the molecule is COC(=O)C(C)(C)CNC(=O)c1ccccc1N.Cl. The average Bonchev–Trinajstić information content (AvgIpc) is 2.35. The van der Waals surface area contributed by atoms with E-state index in [1.54, 1.807) is 38.1 Å². The molecule has 0 heterocycles. The highest BCUT2D eigenvalue weighted by Gasteiger charge is 2.29. The van der Waals surface area contributed by atoms with Crippen molar-refractivity contribution in [2.45, 2.75) is 13.8 Å². The van der Waals surface area contributed by atoms with Crippen molar-refractivity contribution in [1.29, 1.82) is 0 Å². The van der Waals surface area contributed by atoms with Crippen molar-refractivity contribution >= 4 is 30.0 Å². The number of nitrogen functional groups attached to an aromatic ring is 1. The van der Waals surface area contributed by atoms with Gasteiger partial charge in [0, 0.05) is 12.2 Å². The quantitative estimate of drug-likeness (QED) is 0.651. The molecule has 1 aromatic carbocycles. The summed E-state index contributed by atoms with van der Waals surface area (Å²) in [7, 11) is 1.32. The molecule has 1 amide bonds. The average molecular weight is 287 g/mol. The van der Waals surface area contributed by atoms with Gasteiger partial charge in [0.05, 0.1) is 18.1 Å². The number of amides is 1. The van der Waals surface area contributed by atoms with Crippen LogP contribution in [0.15, 0.2) is 24.3 Å². The first kappa shape index (κ1) is 17.2. The van der Waals surface area contributed by atoms with Crippen LogP contribution in [0.25, 0.3) is 0 Å². The molecule has 0 aliphatic rings. The molecule has 0 spiro atoms. The summed E-state index contributed by atoms with van der Waals surface area (Å²) in [6.45, 7) is 3.59. The molecule has 106 valence electrons. The van der Waals surface area contributed by atoms with E-state index >= 15 is 0 Å². The molecule has 1 aromatic rings. The smallest absolute Gasteiger partial charge is 0.313 e. The zero-order valence-electron chi connectivity index (χ0n) is 11.2. The van der Waals surface area contributed by atoms with Gasteiger partial charge < -0.3 is 15.8 Å². The van der Waals surface area contributed by atoms with Gasteiger partial charge in [0.2, 0.25) is 0 Å². The number of nitrogens with one attached hydrogen (secondary N) is 1. The van der Waals surface area contributed by atoms with Crippen LogP contribution in [-0.2, 0) is 9.53 Å². The summed E-state index contributed by atoms with van der Waals surface area (Å²) in [6.07, 6.45) is 0. The van der Waals surface area contributed by atoms with Crippen molar-refractivity contribution < 1.29 is 14.3 Å². The number of ether oxygens (including phenoxy) is 1. The number of anilines is 1. The predicted octanol–water partition coefficient (Wildman–Crippen LogP) is 1.62. The van der Waals surface area contributed by atoms with E-state index in [0.29, 0.717) is 11.3 Å². The molecule has 0 aromatic heterocycles. The molecule has 1 rings (SSSR count). The lowest BCUT2D eigenvalue weighted by atomic mass is 9.93. The number of halogens is 1. The molecular weight excluding hydrogens is 268 g/mol. The van der Waals surface area contributed by atoms with Crippen molar-refractivity contribution in [3.05, 3.63) is 29.8 Å². The van der Waals surface area contributed by atoms with Crippen molar-refractivity contribution in [2.75, 3.05) is 19.4 Å². The molecule has 0 unspecified atom stereocenters. The fourth-order valence-electron chi connectivity index (χ4n) is 1.45. The second kappa shape index (κ2) is 6.99. The molecule has 0 atom stereocenters. The van der Waals surface area contributed by atoms with Crippen molar-refractivity contribution in [2.24, 2.45) is 5.41 Å². The number of para-hydroxylation sites is 1. The predicted molar refractivity (Wildman–Crippen MR) is 76.2 cm³/mol. The summed E-state index contributed by atoms with van der Waals surface area (Å²) in [5, 5.41) is 2.68. The number of methoxy groups -OCH3 is 1. The second-order valence-electron chi connectivity index (χ2n) is 4.65. The Morgan fingerprint density at radius 1 is 1.32 bits per heavy atom.